The first kappa shape index (κ1) is 22.5. The van der Waals surface area contributed by atoms with E-state index in [1.807, 2.05) is 0 Å². The molecular weight excluding hydrogens is 336 g/mol. The van der Waals surface area contributed by atoms with Gasteiger partial charge in [0, 0.05) is 44.8 Å². The van der Waals surface area contributed by atoms with Gasteiger partial charge in [0.05, 0.1) is 13.2 Å². The van der Waals surface area contributed by atoms with E-state index >= 15 is 0 Å². The lowest BCUT2D eigenvalue weighted by Gasteiger charge is -2.28. The van der Waals surface area contributed by atoms with Gasteiger partial charge < -0.3 is 30.5 Å². The lowest BCUT2D eigenvalue weighted by molar-refractivity contribution is 0.127. The highest BCUT2D eigenvalue weighted by molar-refractivity contribution is 5.79. The molecule has 0 aromatic carbocycles. The normalized spacial score (nSPS) is 21.5. The van der Waals surface area contributed by atoms with Gasteiger partial charge in [-0.25, -0.2) is 4.79 Å². The second kappa shape index (κ2) is 12.0. The van der Waals surface area contributed by atoms with Gasteiger partial charge in [-0.05, 0) is 32.1 Å². The van der Waals surface area contributed by atoms with E-state index < -0.39 is 6.09 Å². The van der Waals surface area contributed by atoms with Crippen LogP contribution < -0.4 is 16.0 Å². The van der Waals surface area contributed by atoms with Gasteiger partial charge >= 0.3 is 6.09 Å². The van der Waals surface area contributed by atoms with Crippen LogP contribution >= 0.6 is 0 Å². The molecule has 26 heavy (non-hydrogen) atoms. The molecule has 2 atom stereocenters. The van der Waals surface area contributed by atoms with Crippen molar-refractivity contribution in [2.45, 2.75) is 46.1 Å². The molecule has 1 aliphatic rings. The number of rotatable bonds is 10. The number of aliphatic hydroxyl groups is 1. The highest BCUT2D eigenvalue weighted by Gasteiger charge is 2.34. The van der Waals surface area contributed by atoms with E-state index in [0.29, 0.717) is 44.6 Å². The molecule has 1 saturated heterocycles. The van der Waals surface area contributed by atoms with Crippen LogP contribution in [0.3, 0.4) is 0 Å². The van der Waals surface area contributed by atoms with Crippen molar-refractivity contribution in [3.8, 4) is 0 Å². The average Bonchev–Trinajstić information content (AvgIpc) is 3.03. The summed E-state index contributed by atoms with van der Waals surface area (Å²) in [6, 6.07) is -0.0474. The third kappa shape index (κ3) is 8.23. The molecule has 152 valence electrons. The minimum Gasteiger partial charge on any atom is -0.450 e. The zero-order valence-electron chi connectivity index (χ0n) is 16.6. The molecule has 0 bridgehead atoms. The predicted molar refractivity (Wildman–Crippen MR) is 102 cm³/mol. The van der Waals surface area contributed by atoms with E-state index in [9.17, 15) is 9.90 Å². The first-order valence-electron chi connectivity index (χ1n) is 9.51. The van der Waals surface area contributed by atoms with Crippen LogP contribution in [0, 0.1) is 11.3 Å². The summed E-state index contributed by atoms with van der Waals surface area (Å²) in [6.07, 6.45) is 2.08. The molecule has 8 heteroatoms. The SMILES string of the molecule is CCOC(=O)NC(CNC(=NC)NCC1(CCO)CCOC1)CC(C)C. The fourth-order valence-corrected chi connectivity index (χ4v) is 3.13. The lowest BCUT2D eigenvalue weighted by atomic mass is 9.84. The summed E-state index contributed by atoms with van der Waals surface area (Å²) in [5.41, 5.74) is -0.0487. The molecule has 0 aliphatic carbocycles. The highest BCUT2D eigenvalue weighted by Crippen LogP contribution is 2.31. The second-order valence-electron chi connectivity index (χ2n) is 7.27. The van der Waals surface area contributed by atoms with Crippen LogP contribution in [0.15, 0.2) is 4.99 Å². The number of aliphatic imine (C=N–C) groups is 1. The Morgan fingerprint density at radius 1 is 1.38 bits per heavy atom. The van der Waals surface area contributed by atoms with Crippen LogP contribution in [-0.2, 0) is 9.47 Å². The first-order valence-corrected chi connectivity index (χ1v) is 9.51. The first-order chi connectivity index (χ1) is 12.4. The number of amides is 1. The smallest absolute Gasteiger partial charge is 0.407 e. The minimum absolute atomic E-state index is 0.0474. The van der Waals surface area contributed by atoms with Crippen molar-refractivity contribution in [2.75, 3.05) is 46.6 Å². The van der Waals surface area contributed by atoms with Crippen molar-refractivity contribution in [2.24, 2.45) is 16.3 Å². The van der Waals surface area contributed by atoms with Crippen molar-refractivity contribution in [3.05, 3.63) is 0 Å². The van der Waals surface area contributed by atoms with Crippen LogP contribution in [0.4, 0.5) is 4.79 Å². The van der Waals surface area contributed by atoms with Crippen molar-refractivity contribution in [3.63, 3.8) is 0 Å². The van der Waals surface area contributed by atoms with Gasteiger partial charge in [-0.15, -0.1) is 0 Å². The van der Waals surface area contributed by atoms with E-state index in [-0.39, 0.29) is 18.1 Å². The van der Waals surface area contributed by atoms with Crippen LogP contribution in [0.1, 0.15) is 40.0 Å². The molecule has 4 N–H and O–H groups in total. The maximum atomic E-state index is 11.7. The van der Waals surface area contributed by atoms with Crippen molar-refractivity contribution >= 4 is 12.1 Å². The number of guanidine groups is 1. The monoisotopic (exact) mass is 372 g/mol. The summed E-state index contributed by atoms with van der Waals surface area (Å²) >= 11 is 0. The van der Waals surface area contributed by atoms with Gasteiger partial charge in [0.15, 0.2) is 5.96 Å². The zero-order chi connectivity index (χ0) is 19.4. The molecule has 0 radical (unpaired) electrons. The molecule has 0 aromatic heterocycles. The van der Waals surface area contributed by atoms with Gasteiger partial charge in [0.1, 0.15) is 0 Å². The van der Waals surface area contributed by atoms with E-state index in [1.54, 1.807) is 14.0 Å². The molecule has 8 nitrogen and oxygen atoms in total. The number of alkyl carbamates (subject to hydrolysis) is 1. The summed E-state index contributed by atoms with van der Waals surface area (Å²) in [5, 5.41) is 18.8. The molecule has 0 spiro atoms. The Morgan fingerprint density at radius 2 is 2.15 bits per heavy atom. The van der Waals surface area contributed by atoms with Crippen LogP contribution in [0.25, 0.3) is 0 Å². The van der Waals surface area contributed by atoms with Crippen LogP contribution in [0.5, 0.6) is 0 Å². The lowest BCUT2D eigenvalue weighted by Crippen LogP contribution is -2.49. The number of nitrogens with one attached hydrogen (secondary N) is 3. The van der Waals surface area contributed by atoms with Crippen LogP contribution in [-0.4, -0.2) is 69.8 Å². The maximum Gasteiger partial charge on any atom is 0.407 e. The quantitative estimate of drug-likeness (QED) is 0.338. The summed E-state index contributed by atoms with van der Waals surface area (Å²) in [4.78, 5) is 16.0. The fourth-order valence-electron chi connectivity index (χ4n) is 3.13. The van der Waals surface area contributed by atoms with Gasteiger partial charge in [0.25, 0.3) is 0 Å². The summed E-state index contributed by atoms with van der Waals surface area (Å²) < 4.78 is 10.5. The third-order valence-electron chi connectivity index (χ3n) is 4.55. The minimum atomic E-state index is -0.395. The molecule has 1 aliphatic heterocycles. The molecule has 2 unspecified atom stereocenters. The Morgan fingerprint density at radius 3 is 2.69 bits per heavy atom. The Balaban J connectivity index is 2.51. The summed E-state index contributed by atoms with van der Waals surface area (Å²) in [5.74, 6) is 1.12. The Bertz CT molecular complexity index is 437. The Labute approximate surface area is 157 Å². The van der Waals surface area contributed by atoms with Gasteiger partial charge in [-0.1, -0.05) is 13.8 Å². The summed E-state index contributed by atoms with van der Waals surface area (Å²) in [7, 11) is 1.72. The van der Waals surface area contributed by atoms with E-state index in [1.165, 1.54) is 0 Å². The van der Waals surface area contributed by atoms with Crippen LogP contribution in [0.2, 0.25) is 0 Å². The number of aliphatic hydroxyl groups excluding tert-OH is 1. The molecule has 0 saturated carbocycles. The number of nitrogens with zero attached hydrogens (tertiary/aromatic N) is 1. The molecule has 1 heterocycles. The zero-order valence-corrected chi connectivity index (χ0v) is 16.6. The highest BCUT2D eigenvalue weighted by atomic mass is 16.5. The third-order valence-corrected chi connectivity index (χ3v) is 4.55. The van der Waals surface area contributed by atoms with Gasteiger partial charge in [-0.3, -0.25) is 4.99 Å². The van der Waals surface area contributed by atoms with Gasteiger partial charge in [-0.2, -0.15) is 0 Å². The standard InChI is InChI=1S/C18H36N4O4/c1-5-26-17(24)22-15(10-14(2)3)11-20-16(19-4)21-12-18(6-8-23)7-9-25-13-18/h14-15,23H,5-13H2,1-4H3,(H,22,24)(H2,19,20,21). The number of carbonyl (C=O) groups is 1. The number of carbonyl (C=O) groups excluding carboxylic acids is 1. The second-order valence-corrected chi connectivity index (χ2v) is 7.27. The molecular formula is C18H36N4O4. The number of hydrogen-bond donors (Lipinski definition) is 4. The van der Waals surface area contributed by atoms with Crippen molar-refractivity contribution in [1.82, 2.24) is 16.0 Å². The predicted octanol–water partition coefficient (Wildman–Crippen LogP) is 1.10. The largest absolute Gasteiger partial charge is 0.450 e. The topological polar surface area (TPSA) is 104 Å². The summed E-state index contributed by atoms with van der Waals surface area (Å²) in [6.45, 7) is 9.15. The molecule has 0 aromatic rings. The molecule has 1 rings (SSSR count). The Hall–Kier alpha value is -1.54. The van der Waals surface area contributed by atoms with E-state index in [0.717, 1.165) is 19.4 Å². The van der Waals surface area contributed by atoms with Crippen molar-refractivity contribution < 1.29 is 19.4 Å². The maximum absolute atomic E-state index is 11.7. The number of ether oxygens (including phenoxy) is 2. The molecule has 1 amide bonds. The molecule has 1 fully saturated rings. The average molecular weight is 373 g/mol. The van der Waals surface area contributed by atoms with Gasteiger partial charge in [0.2, 0.25) is 0 Å². The van der Waals surface area contributed by atoms with E-state index in [4.69, 9.17) is 9.47 Å². The Kier molecular flexibility index (Phi) is 10.3. The number of hydrogen-bond acceptors (Lipinski definition) is 5. The fraction of sp³-hybridized carbons (Fsp3) is 0.889. The van der Waals surface area contributed by atoms with E-state index in [2.05, 4.69) is 34.8 Å². The van der Waals surface area contributed by atoms with Crippen molar-refractivity contribution in [1.29, 1.82) is 0 Å².